The highest BCUT2D eigenvalue weighted by atomic mass is 16.5. The highest BCUT2D eigenvalue weighted by Crippen LogP contribution is 2.22. The fourth-order valence-corrected chi connectivity index (χ4v) is 1.98. The summed E-state index contributed by atoms with van der Waals surface area (Å²) in [7, 11) is 4.06. The molecule has 0 aliphatic carbocycles. The standard InChI is InChI=1S/C14H16N4O/c1-18(2)8-6-13-16-14(19-17-13)11-3-4-12-10(9-11)5-7-15-12/h3-5,7,9,15H,6,8H2,1-2H3. The van der Waals surface area contributed by atoms with Crippen LogP contribution in [-0.4, -0.2) is 40.7 Å². The molecule has 19 heavy (non-hydrogen) atoms. The number of benzene rings is 1. The number of likely N-dealkylation sites (N-methyl/N-ethyl adjacent to an activating group) is 1. The first-order valence-electron chi connectivity index (χ1n) is 6.27. The number of nitrogens with zero attached hydrogens (tertiary/aromatic N) is 3. The summed E-state index contributed by atoms with van der Waals surface area (Å²) in [6.45, 7) is 0.913. The summed E-state index contributed by atoms with van der Waals surface area (Å²) in [5.41, 5.74) is 2.06. The minimum Gasteiger partial charge on any atom is -0.361 e. The zero-order valence-electron chi connectivity index (χ0n) is 11.1. The van der Waals surface area contributed by atoms with Crippen molar-refractivity contribution in [3.8, 4) is 11.5 Å². The van der Waals surface area contributed by atoms with E-state index in [-0.39, 0.29) is 0 Å². The lowest BCUT2D eigenvalue weighted by molar-refractivity contribution is 0.392. The fraction of sp³-hybridized carbons (Fsp3) is 0.286. The third-order valence-corrected chi connectivity index (χ3v) is 3.05. The first-order valence-corrected chi connectivity index (χ1v) is 6.27. The van der Waals surface area contributed by atoms with Gasteiger partial charge in [0.25, 0.3) is 5.89 Å². The van der Waals surface area contributed by atoms with Crippen LogP contribution in [-0.2, 0) is 6.42 Å². The van der Waals surface area contributed by atoms with Crippen molar-refractivity contribution in [2.75, 3.05) is 20.6 Å². The predicted octanol–water partition coefficient (Wildman–Crippen LogP) is 2.32. The second kappa shape index (κ2) is 4.85. The van der Waals surface area contributed by atoms with Gasteiger partial charge in [-0.2, -0.15) is 4.98 Å². The molecule has 2 aromatic heterocycles. The molecule has 0 unspecified atom stereocenters. The minimum atomic E-state index is 0.580. The average molecular weight is 256 g/mol. The molecule has 3 rings (SSSR count). The molecule has 0 saturated heterocycles. The van der Waals surface area contributed by atoms with Gasteiger partial charge in [0.05, 0.1) is 0 Å². The van der Waals surface area contributed by atoms with Crippen LogP contribution in [0.15, 0.2) is 35.0 Å². The maximum absolute atomic E-state index is 5.32. The molecule has 3 aromatic rings. The number of hydrogen-bond donors (Lipinski definition) is 1. The van der Waals surface area contributed by atoms with Crippen molar-refractivity contribution in [1.29, 1.82) is 0 Å². The first kappa shape index (κ1) is 11.9. The van der Waals surface area contributed by atoms with Crippen LogP contribution in [0, 0.1) is 0 Å². The number of hydrogen-bond acceptors (Lipinski definition) is 4. The molecule has 0 saturated carbocycles. The summed E-state index contributed by atoms with van der Waals surface area (Å²) in [6, 6.07) is 8.09. The Morgan fingerprint density at radius 2 is 2.16 bits per heavy atom. The Kier molecular flexibility index (Phi) is 3.05. The lowest BCUT2D eigenvalue weighted by atomic mass is 10.1. The van der Waals surface area contributed by atoms with E-state index in [1.807, 2.05) is 38.5 Å². The Balaban J connectivity index is 1.85. The molecule has 2 heterocycles. The maximum Gasteiger partial charge on any atom is 0.257 e. The van der Waals surface area contributed by atoms with Crippen molar-refractivity contribution in [2.24, 2.45) is 0 Å². The lowest BCUT2D eigenvalue weighted by Gasteiger charge is -2.05. The number of fused-ring (bicyclic) bond motifs is 1. The van der Waals surface area contributed by atoms with Crippen LogP contribution < -0.4 is 0 Å². The van der Waals surface area contributed by atoms with Crippen molar-refractivity contribution in [1.82, 2.24) is 20.0 Å². The number of aromatic nitrogens is 3. The van der Waals surface area contributed by atoms with Gasteiger partial charge in [-0.1, -0.05) is 5.16 Å². The lowest BCUT2D eigenvalue weighted by Crippen LogP contribution is -2.15. The highest BCUT2D eigenvalue weighted by molar-refractivity contribution is 5.83. The van der Waals surface area contributed by atoms with E-state index in [2.05, 4.69) is 26.1 Å². The Labute approximate surface area is 111 Å². The smallest absolute Gasteiger partial charge is 0.257 e. The molecule has 0 radical (unpaired) electrons. The van der Waals surface area contributed by atoms with Gasteiger partial charge in [0.2, 0.25) is 0 Å². The second-order valence-electron chi connectivity index (χ2n) is 4.85. The van der Waals surface area contributed by atoms with Gasteiger partial charge in [0, 0.05) is 35.6 Å². The van der Waals surface area contributed by atoms with Crippen LogP contribution in [0.25, 0.3) is 22.4 Å². The molecule has 1 aromatic carbocycles. The summed E-state index contributed by atoms with van der Waals surface area (Å²) in [4.78, 5) is 9.69. The zero-order chi connectivity index (χ0) is 13.2. The Bertz CT molecular complexity index is 683. The zero-order valence-corrected chi connectivity index (χ0v) is 11.1. The third-order valence-electron chi connectivity index (χ3n) is 3.05. The normalized spacial score (nSPS) is 11.5. The van der Waals surface area contributed by atoms with Gasteiger partial charge in [-0.3, -0.25) is 0 Å². The summed E-state index contributed by atoms with van der Waals surface area (Å²) in [5.74, 6) is 1.33. The van der Waals surface area contributed by atoms with E-state index in [1.165, 1.54) is 0 Å². The molecule has 0 atom stereocenters. The molecule has 5 nitrogen and oxygen atoms in total. The molecule has 5 heteroatoms. The maximum atomic E-state index is 5.32. The molecular formula is C14H16N4O. The van der Waals surface area contributed by atoms with Crippen LogP contribution in [0.3, 0.4) is 0 Å². The first-order chi connectivity index (χ1) is 9.22. The van der Waals surface area contributed by atoms with Crippen LogP contribution in [0.4, 0.5) is 0 Å². The molecule has 0 spiro atoms. The topological polar surface area (TPSA) is 58.0 Å². The molecular weight excluding hydrogens is 240 g/mol. The van der Waals surface area contributed by atoms with Gasteiger partial charge in [0.1, 0.15) is 0 Å². The van der Waals surface area contributed by atoms with E-state index in [0.717, 1.165) is 35.3 Å². The van der Waals surface area contributed by atoms with Crippen molar-refractivity contribution in [2.45, 2.75) is 6.42 Å². The third kappa shape index (κ3) is 2.51. The molecule has 0 fully saturated rings. The van der Waals surface area contributed by atoms with Gasteiger partial charge in [-0.25, -0.2) is 0 Å². The van der Waals surface area contributed by atoms with E-state index >= 15 is 0 Å². The largest absolute Gasteiger partial charge is 0.361 e. The Morgan fingerprint density at radius 1 is 1.26 bits per heavy atom. The fourth-order valence-electron chi connectivity index (χ4n) is 1.98. The van der Waals surface area contributed by atoms with Gasteiger partial charge < -0.3 is 14.4 Å². The van der Waals surface area contributed by atoms with E-state index < -0.39 is 0 Å². The van der Waals surface area contributed by atoms with E-state index in [0.29, 0.717) is 5.89 Å². The SMILES string of the molecule is CN(C)CCc1noc(-c2ccc3[nH]ccc3c2)n1. The predicted molar refractivity (Wildman–Crippen MR) is 73.8 cm³/mol. The molecule has 0 amide bonds. The van der Waals surface area contributed by atoms with Crippen molar-refractivity contribution in [3.63, 3.8) is 0 Å². The quantitative estimate of drug-likeness (QED) is 0.778. The summed E-state index contributed by atoms with van der Waals surface area (Å²) in [6.07, 6.45) is 2.72. The number of H-pyrrole nitrogens is 1. The van der Waals surface area contributed by atoms with Gasteiger partial charge in [-0.15, -0.1) is 0 Å². The number of nitrogens with one attached hydrogen (secondary N) is 1. The molecule has 0 bridgehead atoms. The van der Waals surface area contributed by atoms with E-state index in [1.54, 1.807) is 0 Å². The van der Waals surface area contributed by atoms with Crippen molar-refractivity contribution in [3.05, 3.63) is 36.3 Å². The Hall–Kier alpha value is -2.14. The van der Waals surface area contributed by atoms with E-state index in [9.17, 15) is 0 Å². The van der Waals surface area contributed by atoms with E-state index in [4.69, 9.17) is 4.52 Å². The summed E-state index contributed by atoms with van der Waals surface area (Å²) < 4.78 is 5.32. The van der Waals surface area contributed by atoms with Crippen molar-refractivity contribution < 1.29 is 4.52 Å². The highest BCUT2D eigenvalue weighted by Gasteiger charge is 2.09. The summed E-state index contributed by atoms with van der Waals surface area (Å²) >= 11 is 0. The number of rotatable bonds is 4. The van der Waals surface area contributed by atoms with Crippen LogP contribution in [0.5, 0.6) is 0 Å². The van der Waals surface area contributed by atoms with Crippen LogP contribution >= 0.6 is 0 Å². The second-order valence-corrected chi connectivity index (χ2v) is 4.85. The molecule has 0 aliphatic heterocycles. The Morgan fingerprint density at radius 3 is 3.00 bits per heavy atom. The molecule has 0 aliphatic rings. The van der Waals surface area contributed by atoms with Gasteiger partial charge in [-0.05, 0) is 38.4 Å². The van der Waals surface area contributed by atoms with Gasteiger partial charge in [0.15, 0.2) is 5.82 Å². The number of aromatic amines is 1. The average Bonchev–Trinajstić information content (AvgIpc) is 3.04. The van der Waals surface area contributed by atoms with Crippen LogP contribution in [0.2, 0.25) is 0 Å². The van der Waals surface area contributed by atoms with Crippen LogP contribution in [0.1, 0.15) is 5.82 Å². The van der Waals surface area contributed by atoms with Gasteiger partial charge >= 0.3 is 0 Å². The molecule has 1 N–H and O–H groups in total. The minimum absolute atomic E-state index is 0.580. The molecule has 98 valence electrons. The van der Waals surface area contributed by atoms with Crippen molar-refractivity contribution >= 4 is 10.9 Å². The monoisotopic (exact) mass is 256 g/mol. The summed E-state index contributed by atoms with van der Waals surface area (Å²) in [5, 5.41) is 5.16.